The van der Waals surface area contributed by atoms with Gasteiger partial charge in [0.15, 0.2) is 0 Å². The first-order chi connectivity index (χ1) is 7.26. The lowest BCUT2D eigenvalue weighted by Crippen LogP contribution is -2.38. The molecular formula is C12H19N3. The first-order valence-corrected chi connectivity index (χ1v) is 5.58. The molecule has 3 heteroatoms. The SMILES string of the molecule is C=CCn1cncc1C1(C)CCNCC1. The molecule has 1 aromatic heterocycles. The molecule has 1 fully saturated rings. The van der Waals surface area contributed by atoms with Gasteiger partial charge in [0.2, 0.25) is 0 Å². The van der Waals surface area contributed by atoms with E-state index >= 15 is 0 Å². The largest absolute Gasteiger partial charge is 0.330 e. The summed E-state index contributed by atoms with van der Waals surface area (Å²) >= 11 is 0. The van der Waals surface area contributed by atoms with Crippen LogP contribution in [0.5, 0.6) is 0 Å². The second-order valence-corrected chi connectivity index (χ2v) is 4.53. The molecule has 15 heavy (non-hydrogen) atoms. The molecule has 2 heterocycles. The zero-order valence-corrected chi connectivity index (χ0v) is 9.37. The number of hydrogen-bond donors (Lipinski definition) is 1. The van der Waals surface area contributed by atoms with Gasteiger partial charge in [-0.05, 0) is 25.9 Å². The van der Waals surface area contributed by atoms with Crippen molar-refractivity contribution in [1.29, 1.82) is 0 Å². The van der Waals surface area contributed by atoms with Gasteiger partial charge in [0, 0.05) is 23.9 Å². The van der Waals surface area contributed by atoms with Gasteiger partial charge in [-0.25, -0.2) is 4.98 Å². The van der Waals surface area contributed by atoms with Gasteiger partial charge in [-0.2, -0.15) is 0 Å². The highest BCUT2D eigenvalue weighted by atomic mass is 15.1. The maximum Gasteiger partial charge on any atom is 0.0951 e. The molecule has 2 rings (SSSR count). The Morgan fingerprint density at radius 1 is 1.60 bits per heavy atom. The normalized spacial score (nSPS) is 20.1. The predicted molar refractivity (Wildman–Crippen MR) is 61.9 cm³/mol. The Bertz CT molecular complexity index is 334. The van der Waals surface area contributed by atoms with Crippen molar-refractivity contribution in [1.82, 2.24) is 14.9 Å². The summed E-state index contributed by atoms with van der Waals surface area (Å²) < 4.78 is 2.21. The molecule has 0 atom stereocenters. The number of hydrogen-bond acceptors (Lipinski definition) is 2. The second-order valence-electron chi connectivity index (χ2n) is 4.53. The third-order valence-corrected chi connectivity index (χ3v) is 3.36. The molecular weight excluding hydrogens is 186 g/mol. The summed E-state index contributed by atoms with van der Waals surface area (Å²) in [7, 11) is 0. The molecule has 0 aliphatic carbocycles. The Hall–Kier alpha value is -1.09. The van der Waals surface area contributed by atoms with E-state index in [2.05, 4.69) is 28.4 Å². The van der Waals surface area contributed by atoms with Gasteiger partial charge in [0.05, 0.1) is 6.33 Å². The van der Waals surface area contributed by atoms with Crippen LogP contribution < -0.4 is 5.32 Å². The average molecular weight is 205 g/mol. The van der Waals surface area contributed by atoms with Gasteiger partial charge in [-0.1, -0.05) is 13.0 Å². The van der Waals surface area contributed by atoms with E-state index in [-0.39, 0.29) is 5.41 Å². The summed E-state index contributed by atoms with van der Waals surface area (Å²) in [4.78, 5) is 4.26. The summed E-state index contributed by atoms with van der Waals surface area (Å²) in [5.41, 5.74) is 1.63. The van der Waals surface area contributed by atoms with Crippen LogP contribution in [0.4, 0.5) is 0 Å². The molecule has 1 aromatic rings. The van der Waals surface area contributed by atoms with Crippen LogP contribution >= 0.6 is 0 Å². The highest BCUT2D eigenvalue weighted by molar-refractivity contribution is 5.15. The van der Waals surface area contributed by atoms with Gasteiger partial charge in [-0.3, -0.25) is 0 Å². The highest BCUT2D eigenvalue weighted by Gasteiger charge is 2.31. The van der Waals surface area contributed by atoms with Crippen molar-refractivity contribution < 1.29 is 0 Å². The molecule has 0 bridgehead atoms. The average Bonchev–Trinajstić information content (AvgIpc) is 2.68. The number of imidazole rings is 1. The van der Waals surface area contributed by atoms with Crippen LogP contribution in [0.3, 0.4) is 0 Å². The number of aromatic nitrogens is 2. The standard InChI is InChI=1S/C12H19N3/c1-3-8-15-10-14-9-11(15)12(2)4-6-13-7-5-12/h3,9-10,13H,1,4-8H2,2H3. The Kier molecular flexibility index (Phi) is 2.91. The van der Waals surface area contributed by atoms with E-state index < -0.39 is 0 Å². The Balaban J connectivity index is 2.26. The topological polar surface area (TPSA) is 29.9 Å². The molecule has 1 saturated heterocycles. The summed E-state index contributed by atoms with van der Waals surface area (Å²) in [5, 5.41) is 3.40. The first kappa shape index (κ1) is 10.4. The molecule has 0 aromatic carbocycles. The van der Waals surface area contributed by atoms with E-state index in [1.54, 1.807) is 0 Å². The van der Waals surface area contributed by atoms with E-state index in [9.17, 15) is 0 Å². The lowest BCUT2D eigenvalue weighted by atomic mass is 9.78. The van der Waals surface area contributed by atoms with E-state index in [1.807, 2.05) is 18.6 Å². The predicted octanol–water partition coefficient (Wildman–Crippen LogP) is 1.71. The van der Waals surface area contributed by atoms with E-state index in [0.717, 1.165) is 19.6 Å². The van der Waals surface area contributed by atoms with Crippen molar-refractivity contribution in [2.24, 2.45) is 0 Å². The molecule has 0 saturated carbocycles. The Morgan fingerprint density at radius 2 is 2.33 bits per heavy atom. The fraction of sp³-hybridized carbons (Fsp3) is 0.583. The van der Waals surface area contributed by atoms with Crippen LogP contribution in [0.1, 0.15) is 25.5 Å². The minimum absolute atomic E-state index is 0.282. The van der Waals surface area contributed by atoms with Crippen molar-refractivity contribution in [2.75, 3.05) is 13.1 Å². The number of allylic oxidation sites excluding steroid dienone is 1. The summed E-state index contributed by atoms with van der Waals surface area (Å²) in [5.74, 6) is 0. The minimum Gasteiger partial charge on any atom is -0.330 e. The molecule has 1 N–H and O–H groups in total. The molecule has 0 radical (unpaired) electrons. The van der Waals surface area contributed by atoms with Crippen LogP contribution in [-0.2, 0) is 12.0 Å². The van der Waals surface area contributed by atoms with Crippen LogP contribution in [0.2, 0.25) is 0 Å². The smallest absolute Gasteiger partial charge is 0.0951 e. The molecule has 1 aliphatic rings. The first-order valence-electron chi connectivity index (χ1n) is 5.58. The van der Waals surface area contributed by atoms with Crippen LogP contribution in [-0.4, -0.2) is 22.6 Å². The van der Waals surface area contributed by atoms with E-state index in [4.69, 9.17) is 0 Å². The summed E-state index contributed by atoms with van der Waals surface area (Å²) in [6.45, 7) is 9.19. The Morgan fingerprint density at radius 3 is 3.00 bits per heavy atom. The molecule has 82 valence electrons. The summed E-state index contributed by atoms with van der Waals surface area (Å²) in [6.07, 6.45) is 8.22. The highest BCUT2D eigenvalue weighted by Crippen LogP contribution is 2.32. The quantitative estimate of drug-likeness (QED) is 0.761. The third-order valence-electron chi connectivity index (χ3n) is 3.36. The van der Waals surface area contributed by atoms with Gasteiger partial charge < -0.3 is 9.88 Å². The van der Waals surface area contributed by atoms with Crippen LogP contribution in [0.25, 0.3) is 0 Å². The number of nitrogens with zero attached hydrogens (tertiary/aromatic N) is 2. The molecule has 0 spiro atoms. The van der Waals surface area contributed by atoms with Crippen LogP contribution in [0.15, 0.2) is 25.2 Å². The second kappa shape index (κ2) is 4.19. The van der Waals surface area contributed by atoms with Crippen molar-refractivity contribution in [3.63, 3.8) is 0 Å². The molecule has 3 nitrogen and oxygen atoms in total. The fourth-order valence-corrected chi connectivity index (χ4v) is 2.34. The molecule has 1 aliphatic heterocycles. The van der Waals surface area contributed by atoms with E-state index in [0.29, 0.717) is 0 Å². The monoisotopic (exact) mass is 205 g/mol. The summed E-state index contributed by atoms with van der Waals surface area (Å²) in [6, 6.07) is 0. The minimum atomic E-state index is 0.282. The third kappa shape index (κ3) is 1.97. The van der Waals surface area contributed by atoms with E-state index in [1.165, 1.54) is 18.5 Å². The lowest BCUT2D eigenvalue weighted by Gasteiger charge is -2.34. The Labute approximate surface area is 91.2 Å². The number of nitrogens with one attached hydrogen (secondary N) is 1. The zero-order chi connectivity index (χ0) is 10.7. The fourth-order valence-electron chi connectivity index (χ4n) is 2.34. The van der Waals surface area contributed by atoms with Crippen molar-refractivity contribution >= 4 is 0 Å². The lowest BCUT2D eigenvalue weighted by molar-refractivity contribution is 0.319. The number of rotatable bonds is 3. The van der Waals surface area contributed by atoms with Crippen molar-refractivity contribution in [3.05, 3.63) is 30.9 Å². The van der Waals surface area contributed by atoms with Crippen LogP contribution in [0, 0.1) is 0 Å². The molecule has 0 amide bonds. The molecule has 0 unspecified atom stereocenters. The van der Waals surface area contributed by atoms with Crippen molar-refractivity contribution in [2.45, 2.75) is 31.7 Å². The maximum absolute atomic E-state index is 4.26. The van der Waals surface area contributed by atoms with Gasteiger partial charge in [0.1, 0.15) is 0 Å². The van der Waals surface area contributed by atoms with Gasteiger partial charge >= 0.3 is 0 Å². The zero-order valence-electron chi connectivity index (χ0n) is 9.37. The van der Waals surface area contributed by atoms with Crippen molar-refractivity contribution in [3.8, 4) is 0 Å². The number of piperidine rings is 1. The van der Waals surface area contributed by atoms with Gasteiger partial charge in [-0.15, -0.1) is 6.58 Å². The van der Waals surface area contributed by atoms with Gasteiger partial charge in [0.25, 0.3) is 0 Å². The maximum atomic E-state index is 4.26.